The molecule has 4 heteroatoms. The van der Waals surface area contributed by atoms with Crippen LogP contribution in [0.5, 0.6) is 0 Å². The van der Waals surface area contributed by atoms with Crippen molar-refractivity contribution >= 4 is 5.97 Å². The van der Waals surface area contributed by atoms with Gasteiger partial charge in [-0.25, -0.2) is 0 Å². The van der Waals surface area contributed by atoms with Crippen LogP contribution >= 0.6 is 0 Å². The molecule has 4 nitrogen and oxygen atoms in total. The summed E-state index contributed by atoms with van der Waals surface area (Å²) in [7, 11) is 2.08. The number of rotatable bonds is 3. The van der Waals surface area contributed by atoms with Gasteiger partial charge in [0.05, 0.1) is 0 Å². The molecule has 82 valence electrons. The van der Waals surface area contributed by atoms with Crippen molar-refractivity contribution in [2.75, 3.05) is 26.7 Å². The Hall–Kier alpha value is -0.610. The standard InChI is InChI=1S/C10H20N2O2/c1-8-5-11-6-9(12(2)7-8)3-4-10(13)14/h8-9,11H,3-7H2,1-2H3,(H,13,14). The number of aliphatic carboxylic acids is 1. The lowest BCUT2D eigenvalue weighted by atomic mass is 10.1. The van der Waals surface area contributed by atoms with E-state index in [4.69, 9.17) is 5.11 Å². The quantitative estimate of drug-likeness (QED) is 0.692. The molecule has 0 saturated carbocycles. The fourth-order valence-corrected chi connectivity index (χ4v) is 1.97. The highest BCUT2D eigenvalue weighted by atomic mass is 16.4. The molecule has 1 aliphatic heterocycles. The van der Waals surface area contributed by atoms with Crippen molar-refractivity contribution in [2.24, 2.45) is 5.92 Å². The minimum absolute atomic E-state index is 0.269. The van der Waals surface area contributed by atoms with Gasteiger partial charge in [-0.15, -0.1) is 0 Å². The molecular weight excluding hydrogens is 180 g/mol. The molecule has 1 aliphatic rings. The Morgan fingerprint density at radius 2 is 2.29 bits per heavy atom. The molecule has 0 aromatic carbocycles. The zero-order valence-corrected chi connectivity index (χ0v) is 8.99. The first-order valence-electron chi connectivity index (χ1n) is 5.22. The average Bonchev–Trinajstić information content (AvgIpc) is 2.23. The summed E-state index contributed by atoms with van der Waals surface area (Å²) in [5.74, 6) is -0.0504. The van der Waals surface area contributed by atoms with Gasteiger partial charge in [0.2, 0.25) is 0 Å². The summed E-state index contributed by atoms with van der Waals surface area (Å²) >= 11 is 0. The van der Waals surface area contributed by atoms with Crippen LogP contribution in [-0.4, -0.2) is 48.7 Å². The first-order chi connectivity index (χ1) is 6.59. The Balaban J connectivity index is 2.38. The lowest BCUT2D eigenvalue weighted by molar-refractivity contribution is -0.137. The SMILES string of the molecule is CC1CNCC(CCC(=O)O)N(C)C1. The fraction of sp³-hybridized carbons (Fsp3) is 0.900. The molecule has 1 rings (SSSR count). The summed E-state index contributed by atoms with van der Waals surface area (Å²) in [6.45, 7) is 5.21. The zero-order chi connectivity index (χ0) is 10.6. The number of hydrogen-bond donors (Lipinski definition) is 2. The lowest BCUT2D eigenvalue weighted by Gasteiger charge is -2.25. The number of carboxylic acids is 1. The average molecular weight is 200 g/mol. The minimum atomic E-state index is -0.698. The van der Waals surface area contributed by atoms with Gasteiger partial charge in [-0.3, -0.25) is 4.79 Å². The van der Waals surface area contributed by atoms with Crippen LogP contribution < -0.4 is 5.32 Å². The van der Waals surface area contributed by atoms with E-state index in [2.05, 4.69) is 24.2 Å². The van der Waals surface area contributed by atoms with E-state index < -0.39 is 5.97 Å². The van der Waals surface area contributed by atoms with Gasteiger partial charge in [-0.05, 0) is 25.9 Å². The predicted molar refractivity (Wildman–Crippen MR) is 55.3 cm³/mol. The highest BCUT2D eigenvalue weighted by molar-refractivity contribution is 5.66. The molecule has 1 heterocycles. The van der Waals surface area contributed by atoms with Gasteiger partial charge in [0.1, 0.15) is 0 Å². The Kier molecular flexibility index (Phi) is 4.35. The summed E-state index contributed by atoms with van der Waals surface area (Å²) in [5, 5.41) is 12.0. The normalized spacial score (nSPS) is 29.9. The van der Waals surface area contributed by atoms with Crippen LogP contribution in [0.2, 0.25) is 0 Å². The Bertz CT molecular complexity index is 197. The predicted octanol–water partition coefficient (Wildman–Crippen LogP) is 0.391. The van der Waals surface area contributed by atoms with Gasteiger partial charge < -0.3 is 15.3 Å². The molecule has 0 aromatic heterocycles. The molecule has 1 saturated heterocycles. The third-order valence-corrected chi connectivity index (χ3v) is 2.79. The molecule has 2 N–H and O–H groups in total. The van der Waals surface area contributed by atoms with E-state index in [-0.39, 0.29) is 6.42 Å². The first kappa shape index (κ1) is 11.5. The molecule has 0 aliphatic carbocycles. The van der Waals surface area contributed by atoms with Gasteiger partial charge in [0.25, 0.3) is 0 Å². The smallest absolute Gasteiger partial charge is 0.303 e. The Morgan fingerprint density at radius 1 is 1.57 bits per heavy atom. The van der Waals surface area contributed by atoms with E-state index in [0.717, 1.165) is 26.1 Å². The van der Waals surface area contributed by atoms with Gasteiger partial charge >= 0.3 is 5.97 Å². The van der Waals surface area contributed by atoms with E-state index in [1.807, 2.05) is 0 Å². The Morgan fingerprint density at radius 3 is 2.93 bits per heavy atom. The van der Waals surface area contributed by atoms with Crippen LogP contribution in [0.15, 0.2) is 0 Å². The molecule has 0 spiro atoms. The van der Waals surface area contributed by atoms with Crippen molar-refractivity contribution in [3.63, 3.8) is 0 Å². The third-order valence-electron chi connectivity index (χ3n) is 2.79. The topological polar surface area (TPSA) is 52.6 Å². The second-order valence-corrected chi connectivity index (χ2v) is 4.29. The maximum atomic E-state index is 10.5. The molecule has 14 heavy (non-hydrogen) atoms. The van der Waals surface area contributed by atoms with E-state index in [1.165, 1.54) is 0 Å². The second-order valence-electron chi connectivity index (χ2n) is 4.29. The first-order valence-corrected chi connectivity index (χ1v) is 5.22. The van der Waals surface area contributed by atoms with E-state index in [9.17, 15) is 4.79 Å². The van der Waals surface area contributed by atoms with Gasteiger partial charge in [0, 0.05) is 25.6 Å². The van der Waals surface area contributed by atoms with Crippen molar-refractivity contribution in [1.82, 2.24) is 10.2 Å². The summed E-state index contributed by atoms with van der Waals surface area (Å²) in [6, 6.07) is 0.371. The molecule has 1 fully saturated rings. The van der Waals surface area contributed by atoms with Crippen LogP contribution in [0, 0.1) is 5.92 Å². The van der Waals surface area contributed by atoms with E-state index >= 15 is 0 Å². The number of nitrogens with zero attached hydrogens (tertiary/aromatic N) is 1. The summed E-state index contributed by atoms with van der Waals surface area (Å²) in [6.07, 6.45) is 1.01. The number of hydrogen-bond acceptors (Lipinski definition) is 3. The summed E-state index contributed by atoms with van der Waals surface area (Å²) in [4.78, 5) is 12.7. The van der Waals surface area contributed by atoms with E-state index in [1.54, 1.807) is 0 Å². The largest absolute Gasteiger partial charge is 0.481 e. The van der Waals surface area contributed by atoms with Crippen LogP contribution in [0.3, 0.4) is 0 Å². The molecule has 0 aromatic rings. The van der Waals surface area contributed by atoms with Crippen LogP contribution in [0.1, 0.15) is 19.8 Å². The third kappa shape index (κ3) is 3.64. The van der Waals surface area contributed by atoms with Gasteiger partial charge in [-0.2, -0.15) is 0 Å². The highest BCUT2D eigenvalue weighted by Gasteiger charge is 2.20. The number of nitrogens with one attached hydrogen (secondary N) is 1. The summed E-state index contributed by atoms with van der Waals surface area (Å²) < 4.78 is 0. The number of carbonyl (C=O) groups is 1. The highest BCUT2D eigenvalue weighted by Crippen LogP contribution is 2.10. The maximum absolute atomic E-state index is 10.5. The number of carboxylic acid groups (broad SMARTS) is 1. The van der Waals surface area contributed by atoms with Crippen molar-refractivity contribution in [2.45, 2.75) is 25.8 Å². The monoisotopic (exact) mass is 200 g/mol. The van der Waals surface area contributed by atoms with Crippen molar-refractivity contribution < 1.29 is 9.90 Å². The van der Waals surface area contributed by atoms with Crippen molar-refractivity contribution in [3.05, 3.63) is 0 Å². The molecule has 0 radical (unpaired) electrons. The van der Waals surface area contributed by atoms with Crippen molar-refractivity contribution in [3.8, 4) is 0 Å². The second kappa shape index (κ2) is 5.32. The number of likely N-dealkylation sites (N-methyl/N-ethyl adjacent to an activating group) is 1. The maximum Gasteiger partial charge on any atom is 0.303 e. The zero-order valence-electron chi connectivity index (χ0n) is 8.99. The van der Waals surface area contributed by atoms with Crippen LogP contribution in [-0.2, 0) is 4.79 Å². The lowest BCUT2D eigenvalue weighted by Crippen LogP contribution is -2.37. The molecule has 2 unspecified atom stereocenters. The van der Waals surface area contributed by atoms with E-state index in [0.29, 0.717) is 12.0 Å². The van der Waals surface area contributed by atoms with Crippen molar-refractivity contribution in [1.29, 1.82) is 0 Å². The fourth-order valence-electron chi connectivity index (χ4n) is 1.97. The van der Waals surface area contributed by atoms with Gasteiger partial charge in [0.15, 0.2) is 0 Å². The minimum Gasteiger partial charge on any atom is -0.481 e. The van der Waals surface area contributed by atoms with Crippen LogP contribution in [0.25, 0.3) is 0 Å². The summed E-state index contributed by atoms with van der Waals surface area (Å²) in [5.41, 5.74) is 0. The molecule has 2 atom stereocenters. The molecule has 0 bridgehead atoms. The van der Waals surface area contributed by atoms with Crippen LogP contribution in [0.4, 0.5) is 0 Å². The Labute approximate surface area is 85.3 Å². The molecule has 0 amide bonds. The van der Waals surface area contributed by atoms with Gasteiger partial charge in [-0.1, -0.05) is 6.92 Å². The molecular formula is C10H20N2O2.